The molecule has 0 heterocycles. The molecular formula is C15H21NO5. The number of aliphatic carboxylic acids is 1. The van der Waals surface area contributed by atoms with E-state index in [4.69, 9.17) is 14.6 Å². The molecule has 2 N–H and O–H groups in total. The number of hydrogen-bond acceptors (Lipinski definition) is 4. The first-order valence-corrected chi connectivity index (χ1v) is 6.84. The molecule has 0 saturated carbocycles. The molecule has 0 saturated heterocycles. The topological polar surface area (TPSA) is 84.9 Å². The van der Waals surface area contributed by atoms with E-state index in [1.54, 1.807) is 18.2 Å². The summed E-state index contributed by atoms with van der Waals surface area (Å²) in [7, 11) is 1.49. The lowest BCUT2D eigenvalue weighted by Gasteiger charge is -2.16. The summed E-state index contributed by atoms with van der Waals surface area (Å²) in [6.45, 7) is 3.90. The van der Waals surface area contributed by atoms with Gasteiger partial charge < -0.3 is 19.9 Å². The van der Waals surface area contributed by atoms with Crippen molar-refractivity contribution in [2.45, 2.75) is 32.7 Å². The Morgan fingerprint density at radius 2 is 2.10 bits per heavy atom. The largest absolute Gasteiger partial charge is 0.493 e. The van der Waals surface area contributed by atoms with Crippen LogP contribution in [-0.2, 0) is 4.79 Å². The van der Waals surface area contributed by atoms with Crippen molar-refractivity contribution < 1.29 is 24.2 Å². The van der Waals surface area contributed by atoms with Gasteiger partial charge in [0.2, 0.25) is 0 Å². The van der Waals surface area contributed by atoms with Crippen LogP contribution in [0.3, 0.4) is 0 Å². The molecule has 1 rings (SSSR count). The Kier molecular flexibility index (Phi) is 6.52. The third-order valence-electron chi connectivity index (χ3n) is 2.91. The fourth-order valence-electron chi connectivity index (χ4n) is 1.66. The molecule has 6 heteroatoms. The van der Waals surface area contributed by atoms with Gasteiger partial charge >= 0.3 is 5.97 Å². The quantitative estimate of drug-likeness (QED) is 0.717. The van der Waals surface area contributed by atoms with Crippen LogP contribution in [-0.4, -0.2) is 36.7 Å². The third-order valence-corrected chi connectivity index (χ3v) is 2.91. The van der Waals surface area contributed by atoms with Crippen LogP contribution in [0.25, 0.3) is 0 Å². The number of ether oxygens (including phenoxy) is 2. The molecule has 21 heavy (non-hydrogen) atoms. The van der Waals surface area contributed by atoms with Gasteiger partial charge in [0.1, 0.15) is 6.04 Å². The Bertz CT molecular complexity index is 501. The summed E-state index contributed by atoms with van der Waals surface area (Å²) in [6.07, 6.45) is 1.82. The van der Waals surface area contributed by atoms with E-state index in [9.17, 15) is 9.59 Å². The molecule has 1 aromatic carbocycles. The van der Waals surface area contributed by atoms with E-state index in [1.807, 2.05) is 6.92 Å². The summed E-state index contributed by atoms with van der Waals surface area (Å²) in [5.41, 5.74) is 0.263. The first kappa shape index (κ1) is 16.8. The molecule has 0 aliphatic heterocycles. The molecule has 0 fully saturated rings. The fourth-order valence-corrected chi connectivity index (χ4v) is 1.66. The standard InChI is InChI=1S/C15H21NO5/c1-4-5-9-21-13-11(7-6-8-12(13)20-3)14(17)16-10(2)15(18)19/h6-8,10H,4-5,9H2,1-3H3,(H,16,17)(H,18,19). The molecule has 0 aromatic heterocycles. The van der Waals surface area contributed by atoms with Crippen molar-refractivity contribution in [3.05, 3.63) is 23.8 Å². The molecule has 1 amide bonds. The average molecular weight is 295 g/mol. The minimum atomic E-state index is -1.10. The van der Waals surface area contributed by atoms with E-state index in [0.29, 0.717) is 18.1 Å². The van der Waals surface area contributed by atoms with E-state index >= 15 is 0 Å². The highest BCUT2D eigenvalue weighted by Crippen LogP contribution is 2.31. The van der Waals surface area contributed by atoms with Crippen molar-refractivity contribution in [2.75, 3.05) is 13.7 Å². The number of methoxy groups -OCH3 is 1. The average Bonchev–Trinajstić information content (AvgIpc) is 2.47. The minimum absolute atomic E-state index is 0.263. The number of para-hydroxylation sites is 1. The Labute approximate surface area is 124 Å². The van der Waals surface area contributed by atoms with Crippen LogP contribution in [0.15, 0.2) is 18.2 Å². The first-order valence-electron chi connectivity index (χ1n) is 6.84. The number of unbranched alkanes of at least 4 members (excludes halogenated alkanes) is 1. The van der Waals surface area contributed by atoms with Gasteiger partial charge in [-0.05, 0) is 25.5 Å². The van der Waals surface area contributed by atoms with Crippen LogP contribution in [0.2, 0.25) is 0 Å². The first-order chi connectivity index (χ1) is 10.0. The third kappa shape index (κ3) is 4.66. The normalized spacial score (nSPS) is 11.6. The number of carboxylic acids is 1. The highest BCUT2D eigenvalue weighted by molar-refractivity contribution is 5.99. The van der Waals surface area contributed by atoms with Crippen LogP contribution < -0.4 is 14.8 Å². The van der Waals surface area contributed by atoms with Crippen molar-refractivity contribution in [3.63, 3.8) is 0 Å². The summed E-state index contributed by atoms with van der Waals surface area (Å²) in [6, 6.07) is 3.95. The molecule has 0 aliphatic carbocycles. The van der Waals surface area contributed by atoms with Crippen molar-refractivity contribution in [2.24, 2.45) is 0 Å². The summed E-state index contributed by atoms with van der Waals surface area (Å²) in [5, 5.41) is 11.3. The van der Waals surface area contributed by atoms with Crippen molar-refractivity contribution in [3.8, 4) is 11.5 Å². The number of carboxylic acid groups (broad SMARTS) is 1. The smallest absolute Gasteiger partial charge is 0.325 e. The van der Waals surface area contributed by atoms with Crippen LogP contribution in [0.4, 0.5) is 0 Å². The van der Waals surface area contributed by atoms with Crippen molar-refractivity contribution >= 4 is 11.9 Å². The lowest BCUT2D eigenvalue weighted by molar-refractivity contribution is -0.138. The zero-order valence-electron chi connectivity index (χ0n) is 12.5. The van der Waals surface area contributed by atoms with Crippen LogP contribution in [0.5, 0.6) is 11.5 Å². The zero-order valence-corrected chi connectivity index (χ0v) is 12.5. The van der Waals surface area contributed by atoms with E-state index < -0.39 is 17.9 Å². The summed E-state index contributed by atoms with van der Waals surface area (Å²) >= 11 is 0. The number of nitrogens with one attached hydrogen (secondary N) is 1. The number of benzene rings is 1. The van der Waals surface area contributed by atoms with Gasteiger partial charge in [0.05, 0.1) is 19.3 Å². The van der Waals surface area contributed by atoms with E-state index in [2.05, 4.69) is 5.32 Å². The highest BCUT2D eigenvalue weighted by atomic mass is 16.5. The summed E-state index contributed by atoms with van der Waals surface area (Å²) in [4.78, 5) is 23.0. The predicted octanol–water partition coefficient (Wildman–Crippen LogP) is 2.08. The number of amides is 1. The van der Waals surface area contributed by atoms with Gasteiger partial charge in [-0.25, -0.2) is 0 Å². The van der Waals surface area contributed by atoms with Gasteiger partial charge in [0.25, 0.3) is 5.91 Å². The van der Waals surface area contributed by atoms with Crippen LogP contribution in [0.1, 0.15) is 37.0 Å². The van der Waals surface area contributed by atoms with Crippen LogP contribution >= 0.6 is 0 Å². The molecule has 1 atom stereocenters. The second-order valence-electron chi connectivity index (χ2n) is 4.57. The maximum Gasteiger partial charge on any atom is 0.325 e. The molecule has 116 valence electrons. The molecule has 0 bridgehead atoms. The Balaban J connectivity index is 2.98. The summed E-state index contributed by atoms with van der Waals surface area (Å²) in [5.74, 6) is -0.819. The van der Waals surface area contributed by atoms with Gasteiger partial charge in [0.15, 0.2) is 11.5 Å². The minimum Gasteiger partial charge on any atom is -0.493 e. The van der Waals surface area contributed by atoms with Crippen LogP contribution in [0, 0.1) is 0 Å². The number of carbonyl (C=O) groups excluding carboxylic acids is 1. The van der Waals surface area contributed by atoms with Gasteiger partial charge in [-0.3, -0.25) is 9.59 Å². The molecule has 1 aromatic rings. The molecular weight excluding hydrogens is 274 g/mol. The zero-order chi connectivity index (χ0) is 15.8. The van der Waals surface area contributed by atoms with E-state index in [-0.39, 0.29) is 5.56 Å². The lowest BCUT2D eigenvalue weighted by Crippen LogP contribution is -2.38. The van der Waals surface area contributed by atoms with E-state index in [1.165, 1.54) is 14.0 Å². The molecule has 0 radical (unpaired) electrons. The van der Waals surface area contributed by atoms with Gasteiger partial charge in [0, 0.05) is 0 Å². The Hall–Kier alpha value is -2.24. The Morgan fingerprint density at radius 3 is 2.67 bits per heavy atom. The predicted molar refractivity (Wildman–Crippen MR) is 78.0 cm³/mol. The molecule has 0 spiro atoms. The van der Waals surface area contributed by atoms with E-state index in [0.717, 1.165) is 12.8 Å². The van der Waals surface area contributed by atoms with Crippen molar-refractivity contribution in [1.29, 1.82) is 0 Å². The summed E-state index contributed by atoms with van der Waals surface area (Å²) < 4.78 is 10.8. The maximum atomic E-state index is 12.2. The van der Waals surface area contributed by atoms with Gasteiger partial charge in [-0.2, -0.15) is 0 Å². The van der Waals surface area contributed by atoms with Crippen molar-refractivity contribution in [1.82, 2.24) is 5.32 Å². The van der Waals surface area contributed by atoms with Gasteiger partial charge in [-0.1, -0.05) is 19.4 Å². The highest BCUT2D eigenvalue weighted by Gasteiger charge is 2.20. The monoisotopic (exact) mass is 295 g/mol. The number of rotatable bonds is 8. The SMILES string of the molecule is CCCCOc1c(OC)cccc1C(=O)NC(C)C(=O)O. The Morgan fingerprint density at radius 1 is 1.38 bits per heavy atom. The lowest BCUT2D eigenvalue weighted by atomic mass is 10.1. The second-order valence-corrected chi connectivity index (χ2v) is 4.57. The van der Waals surface area contributed by atoms with Gasteiger partial charge in [-0.15, -0.1) is 0 Å². The number of hydrogen-bond donors (Lipinski definition) is 2. The second kappa shape index (κ2) is 8.14. The molecule has 1 unspecified atom stereocenters. The number of carbonyl (C=O) groups is 2. The maximum absolute atomic E-state index is 12.2. The molecule has 6 nitrogen and oxygen atoms in total. The molecule has 0 aliphatic rings. The fraction of sp³-hybridized carbons (Fsp3) is 0.467.